The Morgan fingerprint density at radius 2 is 1.90 bits per heavy atom. The van der Waals surface area contributed by atoms with Crippen LogP contribution < -0.4 is 11.3 Å². The van der Waals surface area contributed by atoms with E-state index in [-0.39, 0.29) is 5.56 Å². The van der Waals surface area contributed by atoms with Gasteiger partial charge in [-0.3, -0.25) is 9.36 Å². The average molecular weight is 344 g/mol. The van der Waals surface area contributed by atoms with E-state index in [1.807, 2.05) is 32.0 Å². The zero-order valence-corrected chi connectivity index (χ0v) is 13.3. The molecule has 0 spiro atoms. The van der Waals surface area contributed by atoms with Crippen molar-refractivity contribution in [2.45, 2.75) is 13.8 Å². The first-order valence-electron chi connectivity index (χ1n) is 6.53. The van der Waals surface area contributed by atoms with Crippen LogP contribution in [-0.2, 0) is 0 Å². The summed E-state index contributed by atoms with van der Waals surface area (Å²) in [4.78, 5) is 17.3. The van der Waals surface area contributed by atoms with E-state index in [1.54, 1.807) is 22.8 Å². The van der Waals surface area contributed by atoms with Gasteiger partial charge in [-0.1, -0.05) is 15.9 Å². The van der Waals surface area contributed by atoms with Crippen LogP contribution >= 0.6 is 15.9 Å². The zero-order chi connectivity index (χ0) is 15.1. The molecular formula is C16H14BrN3O. The van der Waals surface area contributed by atoms with Gasteiger partial charge in [-0.05, 0) is 55.8 Å². The predicted molar refractivity (Wildman–Crippen MR) is 88.9 cm³/mol. The highest BCUT2D eigenvalue weighted by Crippen LogP contribution is 2.20. The van der Waals surface area contributed by atoms with E-state index in [2.05, 4.69) is 20.9 Å². The third kappa shape index (κ3) is 2.34. The molecule has 0 saturated carbocycles. The predicted octanol–water partition coefficient (Wildman–Crippen LogP) is 3.35. The second-order valence-corrected chi connectivity index (χ2v) is 5.92. The van der Waals surface area contributed by atoms with E-state index < -0.39 is 0 Å². The highest BCUT2D eigenvalue weighted by atomic mass is 79.9. The minimum atomic E-state index is -0.102. The molecule has 1 aromatic heterocycles. The van der Waals surface area contributed by atoms with Gasteiger partial charge in [0.1, 0.15) is 5.82 Å². The summed E-state index contributed by atoms with van der Waals surface area (Å²) in [6, 6.07) is 11.0. The van der Waals surface area contributed by atoms with Crippen LogP contribution in [0.3, 0.4) is 0 Å². The third-order valence-electron chi connectivity index (χ3n) is 3.46. The Balaban J connectivity index is 2.40. The zero-order valence-electron chi connectivity index (χ0n) is 11.7. The average Bonchev–Trinajstić information content (AvgIpc) is 2.42. The molecule has 106 valence electrons. The molecule has 0 unspecified atom stereocenters. The molecule has 2 aromatic carbocycles. The fourth-order valence-electron chi connectivity index (χ4n) is 2.47. The lowest BCUT2D eigenvalue weighted by Gasteiger charge is -2.13. The Labute approximate surface area is 130 Å². The molecule has 0 atom stereocenters. The molecular weight excluding hydrogens is 330 g/mol. The van der Waals surface area contributed by atoms with Gasteiger partial charge in [0, 0.05) is 10.2 Å². The van der Waals surface area contributed by atoms with Gasteiger partial charge < -0.3 is 5.73 Å². The van der Waals surface area contributed by atoms with Crippen LogP contribution in [0.15, 0.2) is 45.7 Å². The fraction of sp³-hybridized carbons (Fsp3) is 0.125. The topological polar surface area (TPSA) is 60.9 Å². The molecule has 0 bridgehead atoms. The normalized spacial score (nSPS) is 11.0. The Morgan fingerprint density at radius 1 is 1.14 bits per heavy atom. The minimum Gasteiger partial charge on any atom is -0.399 e. The van der Waals surface area contributed by atoms with Gasteiger partial charge in [0.2, 0.25) is 0 Å². The highest BCUT2D eigenvalue weighted by molar-refractivity contribution is 9.10. The molecule has 4 nitrogen and oxygen atoms in total. The minimum absolute atomic E-state index is 0.102. The standard InChI is InChI=1S/C16H14BrN3O/c1-9-7-11(17)3-6-15(9)20-10(2)19-14-5-4-12(18)8-13(14)16(20)21/h3-8H,18H2,1-2H3. The van der Waals surface area contributed by atoms with E-state index in [0.29, 0.717) is 22.4 Å². The summed E-state index contributed by atoms with van der Waals surface area (Å²) in [5.74, 6) is 0.655. The van der Waals surface area contributed by atoms with Gasteiger partial charge in [-0.2, -0.15) is 0 Å². The van der Waals surface area contributed by atoms with Gasteiger partial charge in [0.15, 0.2) is 0 Å². The van der Waals surface area contributed by atoms with Crippen molar-refractivity contribution in [1.82, 2.24) is 9.55 Å². The summed E-state index contributed by atoms with van der Waals surface area (Å²) in [7, 11) is 0. The van der Waals surface area contributed by atoms with Crippen LogP contribution in [0.1, 0.15) is 11.4 Å². The second kappa shape index (κ2) is 5.00. The number of anilines is 1. The molecule has 0 radical (unpaired) electrons. The Hall–Kier alpha value is -2.14. The maximum absolute atomic E-state index is 12.8. The fourth-order valence-corrected chi connectivity index (χ4v) is 2.94. The van der Waals surface area contributed by atoms with E-state index in [1.165, 1.54) is 0 Å². The maximum atomic E-state index is 12.8. The molecule has 1 heterocycles. The molecule has 2 N–H and O–H groups in total. The molecule has 5 heteroatoms. The first kappa shape index (κ1) is 13.8. The Kier molecular flexibility index (Phi) is 3.29. The number of rotatable bonds is 1. The van der Waals surface area contributed by atoms with Crippen molar-refractivity contribution in [3.63, 3.8) is 0 Å². The molecule has 3 rings (SSSR count). The van der Waals surface area contributed by atoms with Gasteiger partial charge >= 0.3 is 0 Å². The second-order valence-electron chi connectivity index (χ2n) is 5.01. The van der Waals surface area contributed by atoms with E-state index in [9.17, 15) is 4.79 Å². The Morgan fingerprint density at radius 3 is 2.62 bits per heavy atom. The molecule has 3 aromatic rings. The van der Waals surface area contributed by atoms with Crippen molar-refractivity contribution < 1.29 is 0 Å². The molecule has 0 fully saturated rings. The van der Waals surface area contributed by atoms with Crippen molar-refractivity contribution >= 4 is 32.5 Å². The molecule has 0 aliphatic carbocycles. The number of nitrogens with zero attached hydrogens (tertiary/aromatic N) is 2. The summed E-state index contributed by atoms with van der Waals surface area (Å²) >= 11 is 3.44. The van der Waals surface area contributed by atoms with Crippen LogP contribution in [0.4, 0.5) is 5.69 Å². The lowest BCUT2D eigenvalue weighted by atomic mass is 10.1. The smallest absolute Gasteiger partial charge is 0.266 e. The summed E-state index contributed by atoms with van der Waals surface area (Å²) in [5.41, 5.74) is 8.74. The summed E-state index contributed by atoms with van der Waals surface area (Å²) in [6.07, 6.45) is 0. The van der Waals surface area contributed by atoms with E-state index in [0.717, 1.165) is 15.7 Å². The van der Waals surface area contributed by atoms with Gasteiger partial charge in [-0.25, -0.2) is 4.98 Å². The van der Waals surface area contributed by atoms with Crippen LogP contribution in [0.5, 0.6) is 0 Å². The largest absolute Gasteiger partial charge is 0.399 e. The van der Waals surface area contributed by atoms with Crippen molar-refractivity contribution in [3.8, 4) is 5.69 Å². The lowest BCUT2D eigenvalue weighted by Crippen LogP contribution is -2.23. The number of aromatic nitrogens is 2. The third-order valence-corrected chi connectivity index (χ3v) is 3.95. The van der Waals surface area contributed by atoms with Crippen molar-refractivity contribution in [3.05, 3.63) is 62.6 Å². The molecule has 0 aliphatic rings. The van der Waals surface area contributed by atoms with Gasteiger partial charge in [0.05, 0.1) is 16.6 Å². The quantitative estimate of drug-likeness (QED) is 0.689. The van der Waals surface area contributed by atoms with E-state index in [4.69, 9.17) is 5.73 Å². The molecule has 0 amide bonds. The number of fused-ring (bicyclic) bond motifs is 1. The van der Waals surface area contributed by atoms with Gasteiger partial charge in [0.25, 0.3) is 5.56 Å². The number of nitrogens with two attached hydrogens (primary N) is 1. The SMILES string of the molecule is Cc1cc(Br)ccc1-n1c(C)nc2ccc(N)cc2c1=O. The molecule has 0 aliphatic heterocycles. The van der Waals surface area contributed by atoms with Crippen LogP contribution in [0.2, 0.25) is 0 Å². The summed E-state index contributed by atoms with van der Waals surface area (Å²) in [5, 5.41) is 0.530. The van der Waals surface area contributed by atoms with Crippen LogP contribution in [0, 0.1) is 13.8 Å². The van der Waals surface area contributed by atoms with Crippen molar-refractivity contribution in [2.75, 3.05) is 5.73 Å². The molecule has 21 heavy (non-hydrogen) atoms. The number of nitrogen functional groups attached to an aromatic ring is 1. The van der Waals surface area contributed by atoms with Gasteiger partial charge in [-0.15, -0.1) is 0 Å². The summed E-state index contributed by atoms with van der Waals surface area (Å²) < 4.78 is 2.61. The number of benzene rings is 2. The van der Waals surface area contributed by atoms with E-state index >= 15 is 0 Å². The van der Waals surface area contributed by atoms with Crippen LogP contribution in [-0.4, -0.2) is 9.55 Å². The first-order valence-corrected chi connectivity index (χ1v) is 7.32. The number of aryl methyl sites for hydroxylation is 2. The Bertz CT molecular complexity index is 915. The lowest BCUT2D eigenvalue weighted by molar-refractivity contribution is 0.887. The monoisotopic (exact) mass is 343 g/mol. The molecule has 0 saturated heterocycles. The maximum Gasteiger partial charge on any atom is 0.266 e. The number of halogens is 1. The number of hydrogen-bond acceptors (Lipinski definition) is 3. The van der Waals surface area contributed by atoms with Crippen LogP contribution in [0.25, 0.3) is 16.6 Å². The summed E-state index contributed by atoms with van der Waals surface area (Å²) in [6.45, 7) is 3.80. The number of hydrogen-bond donors (Lipinski definition) is 1. The van der Waals surface area contributed by atoms with Crippen molar-refractivity contribution in [1.29, 1.82) is 0 Å². The highest BCUT2D eigenvalue weighted by Gasteiger charge is 2.12. The van der Waals surface area contributed by atoms with Crippen molar-refractivity contribution in [2.24, 2.45) is 0 Å². The first-order chi connectivity index (χ1) is 9.97.